The topological polar surface area (TPSA) is 29.5 Å². The molecule has 0 radical (unpaired) electrons. The van der Waals surface area contributed by atoms with E-state index in [1.165, 1.54) is 10.8 Å². The third-order valence-electron chi connectivity index (χ3n) is 2.78. The fourth-order valence-electron chi connectivity index (χ4n) is 1.97. The molecule has 0 aliphatic carbocycles. The zero-order chi connectivity index (χ0) is 11.0. The van der Waals surface area contributed by atoms with Gasteiger partial charge in [0.15, 0.2) is 5.75 Å². The fraction of sp³-hybridized carbons (Fsp3) is 0. The first-order valence-corrected chi connectivity index (χ1v) is 5.11. The molecule has 1 N–H and O–H groups in total. The Morgan fingerprint density at radius 3 is 2.00 bits per heavy atom. The molecule has 0 spiro atoms. The second-order valence-electron chi connectivity index (χ2n) is 3.80. The molecule has 2 nitrogen and oxygen atoms in total. The van der Waals surface area contributed by atoms with E-state index < -0.39 is 0 Å². The van der Waals surface area contributed by atoms with E-state index in [9.17, 15) is 0 Å². The van der Waals surface area contributed by atoms with Crippen LogP contribution < -0.4 is 4.89 Å². The predicted octanol–water partition coefficient (Wildman–Crippen LogP) is 3.84. The molecule has 0 heterocycles. The van der Waals surface area contributed by atoms with Gasteiger partial charge in [0.05, 0.1) is 0 Å². The molecule has 0 atom stereocenters. The Bertz CT molecular complexity index is 659. The molecule has 0 aliphatic heterocycles. The van der Waals surface area contributed by atoms with Crippen molar-refractivity contribution in [1.29, 1.82) is 0 Å². The van der Waals surface area contributed by atoms with Gasteiger partial charge in [-0.05, 0) is 45.8 Å². The van der Waals surface area contributed by atoms with E-state index in [1.54, 1.807) is 6.07 Å². The molecule has 0 bridgehead atoms. The molecule has 0 saturated heterocycles. The summed E-state index contributed by atoms with van der Waals surface area (Å²) in [4.78, 5) is 4.23. The van der Waals surface area contributed by atoms with Crippen LogP contribution in [0.5, 0.6) is 5.75 Å². The molecule has 0 saturated carbocycles. The molecule has 0 aromatic heterocycles. The maximum absolute atomic E-state index is 8.61. The van der Waals surface area contributed by atoms with Gasteiger partial charge in [0, 0.05) is 0 Å². The average molecular weight is 210 g/mol. The third-order valence-corrected chi connectivity index (χ3v) is 2.78. The molecule has 2 heteroatoms. The maximum atomic E-state index is 8.61. The van der Waals surface area contributed by atoms with Gasteiger partial charge in [-0.15, -0.1) is 0 Å². The normalized spacial score (nSPS) is 10.8. The predicted molar refractivity (Wildman–Crippen MR) is 64.7 cm³/mol. The Morgan fingerprint density at radius 1 is 0.688 bits per heavy atom. The van der Waals surface area contributed by atoms with Gasteiger partial charge < -0.3 is 4.89 Å². The minimum atomic E-state index is 0.461. The summed E-state index contributed by atoms with van der Waals surface area (Å²) in [6, 6.07) is 17.9. The quantitative estimate of drug-likeness (QED) is 0.375. The van der Waals surface area contributed by atoms with E-state index in [0.29, 0.717) is 5.75 Å². The Labute approximate surface area is 92.6 Å². The molecule has 3 aromatic rings. The number of hydrogen-bond acceptors (Lipinski definition) is 2. The van der Waals surface area contributed by atoms with E-state index in [0.717, 1.165) is 10.8 Å². The largest absolute Gasteiger partial charge is 0.340 e. The lowest BCUT2D eigenvalue weighted by molar-refractivity contribution is -0.137. The van der Waals surface area contributed by atoms with Gasteiger partial charge in [-0.3, -0.25) is 0 Å². The van der Waals surface area contributed by atoms with Gasteiger partial charge in [0.1, 0.15) is 0 Å². The van der Waals surface area contributed by atoms with Crippen LogP contribution in [0.2, 0.25) is 0 Å². The molecular weight excluding hydrogens is 200 g/mol. The van der Waals surface area contributed by atoms with Gasteiger partial charge in [-0.25, -0.2) is 5.26 Å². The first-order valence-electron chi connectivity index (χ1n) is 5.11. The van der Waals surface area contributed by atoms with Crippen molar-refractivity contribution >= 4 is 21.5 Å². The van der Waals surface area contributed by atoms with Crippen LogP contribution in [-0.2, 0) is 0 Å². The fourth-order valence-corrected chi connectivity index (χ4v) is 1.97. The molecule has 0 amide bonds. The van der Waals surface area contributed by atoms with Gasteiger partial charge in [-0.1, -0.05) is 30.3 Å². The lowest BCUT2D eigenvalue weighted by Gasteiger charge is -2.03. The molecule has 0 fully saturated rings. The Hall–Kier alpha value is -2.06. The highest BCUT2D eigenvalue weighted by atomic mass is 17.1. The summed E-state index contributed by atoms with van der Waals surface area (Å²) in [7, 11) is 0. The molecule has 78 valence electrons. The number of fused-ring (bicyclic) bond motifs is 2. The van der Waals surface area contributed by atoms with E-state index >= 15 is 0 Å². The van der Waals surface area contributed by atoms with Crippen LogP contribution >= 0.6 is 0 Å². The summed E-state index contributed by atoms with van der Waals surface area (Å²) >= 11 is 0. The van der Waals surface area contributed by atoms with Gasteiger partial charge in [0.2, 0.25) is 0 Å². The lowest BCUT2D eigenvalue weighted by Crippen LogP contribution is -1.83. The zero-order valence-electron chi connectivity index (χ0n) is 8.55. The highest BCUT2D eigenvalue weighted by Crippen LogP contribution is 2.25. The Balaban J connectivity index is 2.37. The highest BCUT2D eigenvalue weighted by Gasteiger charge is 1.99. The summed E-state index contributed by atoms with van der Waals surface area (Å²) in [6.07, 6.45) is 0. The summed E-state index contributed by atoms with van der Waals surface area (Å²) < 4.78 is 0. The van der Waals surface area contributed by atoms with Crippen LogP contribution in [0, 0.1) is 0 Å². The van der Waals surface area contributed by atoms with Crippen LogP contribution in [0.1, 0.15) is 0 Å². The summed E-state index contributed by atoms with van der Waals surface area (Å²) in [6.45, 7) is 0. The SMILES string of the molecule is OOc1ccc2cc3ccccc3cc2c1. The van der Waals surface area contributed by atoms with Crippen molar-refractivity contribution in [2.45, 2.75) is 0 Å². The molecule has 16 heavy (non-hydrogen) atoms. The maximum Gasteiger partial charge on any atom is 0.165 e. The number of rotatable bonds is 1. The van der Waals surface area contributed by atoms with Crippen LogP contribution in [0.15, 0.2) is 54.6 Å². The highest BCUT2D eigenvalue weighted by molar-refractivity contribution is 5.98. The summed E-state index contributed by atoms with van der Waals surface area (Å²) in [5.74, 6) is 0.461. The van der Waals surface area contributed by atoms with E-state index in [1.807, 2.05) is 24.3 Å². The molecule has 3 aromatic carbocycles. The first kappa shape index (κ1) is 9.19. The van der Waals surface area contributed by atoms with Gasteiger partial charge >= 0.3 is 0 Å². The molecule has 3 rings (SSSR count). The van der Waals surface area contributed by atoms with Crippen molar-refractivity contribution < 1.29 is 10.1 Å². The second kappa shape index (κ2) is 3.51. The Morgan fingerprint density at radius 2 is 1.31 bits per heavy atom. The van der Waals surface area contributed by atoms with Crippen molar-refractivity contribution in [3.05, 3.63) is 54.6 Å². The average Bonchev–Trinajstić information content (AvgIpc) is 2.35. The van der Waals surface area contributed by atoms with Crippen LogP contribution in [0.25, 0.3) is 21.5 Å². The van der Waals surface area contributed by atoms with E-state index in [4.69, 9.17) is 5.26 Å². The molecular formula is C14H10O2. The third kappa shape index (κ3) is 1.40. The second-order valence-corrected chi connectivity index (χ2v) is 3.80. The van der Waals surface area contributed by atoms with Gasteiger partial charge in [-0.2, -0.15) is 0 Å². The van der Waals surface area contributed by atoms with Crippen molar-refractivity contribution in [2.75, 3.05) is 0 Å². The summed E-state index contributed by atoms with van der Waals surface area (Å²) in [5, 5.41) is 13.2. The van der Waals surface area contributed by atoms with Crippen LogP contribution in [-0.4, -0.2) is 5.26 Å². The van der Waals surface area contributed by atoms with Crippen LogP contribution in [0.3, 0.4) is 0 Å². The zero-order valence-corrected chi connectivity index (χ0v) is 8.55. The smallest absolute Gasteiger partial charge is 0.165 e. The first-order chi connectivity index (χ1) is 7.86. The van der Waals surface area contributed by atoms with E-state index in [-0.39, 0.29) is 0 Å². The van der Waals surface area contributed by atoms with Crippen molar-refractivity contribution in [1.82, 2.24) is 0 Å². The number of benzene rings is 3. The van der Waals surface area contributed by atoms with Crippen LogP contribution in [0.4, 0.5) is 0 Å². The van der Waals surface area contributed by atoms with Crippen molar-refractivity contribution in [2.24, 2.45) is 0 Å². The molecule has 0 unspecified atom stereocenters. The van der Waals surface area contributed by atoms with E-state index in [2.05, 4.69) is 29.2 Å². The standard InChI is InChI=1S/C14H10O2/c15-16-14-6-5-12-7-10-3-1-2-4-11(10)8-13(12)9-14/h1-9,15H. The van der Waals surface area contributed by atoms with Crippen molar-refractivity contribution in [3.63, 3.8) is 0 Å². The van der Waals surface area contributed by atoms with Crippen molar-refractivity contribution in [3.8, 4) is 5.75 Å². The minimum absolute atomic E-state index is 0.461. The monoisotopic (exact) mass is 210 g/mol. The molecule has 0 aliphatic rings. The Kier molecular flexibility index (Phi) is 2.01. The summed E-state index contributed by atoms with van der Waals surface area (Å²) in [5.41, 5.74) is 0. The lowest BCUT2D eigenvalue weighted by atomic mass is 10.0. The number of hydrogen-bond donors (Lipinski definition) is 1. The van der Waals surface area contributed by atoms with Gasteiger partial charge in [0.25, 0.3) is 0 Å². The minimum Gasteiger partial charge on any atom is -0.340 e.